The van der Waals surface area contributed by atoms with Crippen molar-refractivity contribution in [1.29, 1.82) is 0 Å². The zero-order chi connectivity index (χ0) is 6.95. The van der Waals surface area contributed by atoms with Crippen molar-refractivity contribution >= 4 is 0 Å². The summed E-state index contributed by atoms with van der Waals surface area (Å²) in [4.78, 5) is 0. The van der Waals surface area contributed by atoms with Gasteiger partial charge in [0.2, 0.25) is 0 Å². The van der Waals surface area contributed by atoms with E-state index in [0.717, 1.165) is 26.4 Å². The van der Waals surface area contributed by atoms with Gasteiger partial charge in [-0.2, -0.15) is 0 Å². The molecule has 0 saturated carbocycles. The van der Waals surface area contributed by atoms with Crippen LogP contribution in [0, 0.1) is 0 Å². The van der Waals surface area contributed by atoms with Crippen LogP contribution in [0.25, 0.3) is 0 Å². The van der Waals surface area contributed by atoms with Crippen molar-refractivity contribution in [2.45, 2.75) is 42.5 Å². The second kappa shape index (κ2) is 22.4. The molecule has 2 heterocycles. The summed E-state index contributed by atoms with van der Waals surface area (Å²) in [5.41, 5.74) is 0. The number of ether oxygens (including phenoxy) is 2. The van der Waals surface area contributed by atoms with Gasteiger partial charge in [-0.3, -0.25) is 0 Å². The molecule has 2 fully saturated rings. The number of epoxide rings is 2. The Morgan fingerprint density at radius 1 is 0.750 bits per heavy atom. The van der Waals surface area contributed by atoms with Gasteiger partial charge in [0, 0.05) is 0 Å². The Hall–Kier alpha value is -0.0800. The van der Waals surface area contributed by atoms with Gasteiger partial charge in [0.05, 0.1) is 26.4 Å². The predicted molar refractivity (Wildman–Crippen MR) is 57.8 cm³/mol. The van der Waals surface area contributed by atoms with Crippen molar-refractivity contribution < 1.29 is 9.47 Å². The van der Waals surface area contributed by atoms with Gasteiger partial charge in [0.25, 0.3) is 0 Å². The highest BCUT2D eigenvalue weighted by Crippen LogP contribution is 1.85. The lowest BCUT2D eigenvalue weighted by atomic mass is 10.6. The van der Waals surface area contributed by atoms with E-state index >= 15 is 0 Å². The molecule has 2 nitrogen and oxygen atoms in total. The van der Waals surface area contributed by atoms with Crippen LogP contribution in [-0.2, 0) is 9.47 Å². The summed E-state index contributed by atoms with van der Waals surface area (Å²) in [5.74, 6) is 0. The van der Waals surface area contributed by atoms with Gasteiger partial charge in [-0.05, 0) is 0 Å². The molecule has 0 radical (unpaired) electrons. The van der Waals surface area contributed by atoms with Crippen LogP contribution in [0.5, 0.6) is 0 Å². The third-order valence-corrected chi connectivity index (χ3v) is 0.408. The number of rotatable bonds is 0. The molecule has 2 rings (SSSR count). The third-order valence-electron chi connectivity index (χ3n) is 0.408. The highest BCUT2D eigenvalue weighted by Gasteiger charge is 1.94. The van der Waals surface area contributed by atoms with Crippen molar-refractivity contribution in [1.82, 2.24) is 0 Å². The van der Waals surface area contributed by atoms with Crippen LogP contribution in [0.4, 0.5) is 0 Å². The first-order chi connectivity index (χ1) is 4.41. The lowest BCUT2D eigenvalue weighted by Gasteiger charge is -1.48. The number of hydrogen-bond acceptors (Lipinski definition) is 2. The van der Waals surface area contributed by atoms with Crippen molar-refractivity contribution in [3.63, 3.8) is 0 Å². The molecule has 2 saturated heterocycles. The lowest BCUT2D eigenvalue weighted by Crippen LogP contribution is -1.27. The van der Waals surface area contributed by atoms with Crippen molar-refractivity contribution in [2.24, 2.45) is 0 Å². The van der Waals surface area contributed by atoms with Crippen LogP contribution >= 0.6 is 0 Å². The SMILES string of the molecule is C.C.C.C1CO1.C1CO1.CCC. The Morgan fingerprint density at radius 2 is 0.833 bits per heavy atom. The molecule has 80 valence electrons. The topological polar surface area (TPSA) is 25.1 Å². The molecule has 0 aromatic heterocycles. The molecule has 2 aliphatic rings. The van der Waals surface area contributed by atoms with Gasteiger partial charge in [-0.15, -0.1) is 0 Å². The maximum Gasteiger partial charge on any atom is 0.0701 e. The van der Waals surface area contributed by atoms with Gasteiger partial charge < -0.3 is 9.47 Å². The number of hydrogen-bond donors (Lipinski definition) is 0. The van der Waals surface area contributed by atoms with E-state index < -0.39 is 0 Å². The summed E-state index contributed by atoms with van der Waals surface area (Å²) < 4.78 is 9.00. The molecular formula is C10H28O2. The first-order valence-electron chi connectivity index (χ1n) is 3.57. The van der Waals surface area contributed by atoms with Crippen LogP contribution in [0.15, 0.2) is 0 Å². The monoisotopic (exact) mass is 180 g/mol. The largest absolute Gasteiger partial charge is 0.377 e. The maximum atomic E-state index is 4.50. The average molecular weight is 180 g/mol. The second-order valence-corrected chi connectivity index (χ2v) is 1.93. The Labute approximate surface area is 79.3 Å². The van der Waals surface area contributed by atoms with E-state index in [1.165, 1.54) is 6.42 Å². The molecule has 2 aliphatic heterocycles. The Morgan fingerprint density at radius 3 is 0.833 bits per heavy atom. The molecule has 0 spiro atoms. The normalized spacial score (nSPS) is 13.5. The Kier molecular flexibility index (Phi) is 42.4. The maximum absolute atomic E-state index is 4.50. The van der Waals surface area contributed by atoms with E-state index in [4.69, 9.17) is 0 Å². The average Bonchev–Trinajstić information content (AvgIpc) is 2.66. The molecule has 0 aromatic rings. The summed E-state index contributed by atoms with van der Waals surface area (Å²) >= 11 is 0. The van der Waals surface area contributed by atoms with E-state index in [0.29, 0.717) is 0 Å². The summed E-state index contributed by atoms with van der Waals surface area (Å²) in [7, 11) is 0. The fourth-order valence-corrected chi connectivity index (χ4v) is 0. The van der Waals surface area contributed by atoms with E-state index in [2.05, 4.69) is 23.3 Å². The van der Waals surface area contributed by atoms with Gasteiger partial charge >= 0.3 is 0 Å². The van der Waals surface area contributed by atoms with Gasteiger partial charge in [0.15, 0.2) is 0 Å². The molecular weight excluding hydrogens is 152 g/mol. The molecule has 0 atom stereocenters. The molecule has 12 heavy (non-hydrogen) atoms. The quantitative estimate of drug-likeness (QED) is 0.534. The van der Waals surface area contributed by atoms with Gasteiger partial charge in [-0.25, -0.2) is 0 Å². The van der Waals surface area contributed by atoms with Crippen molar-refractivity contribution in [3.05, 3.63) is 0 Å². The summed E-state index contributed by atoms with van der Waals surface area (Å²) in [6.07, 6.45) is 1.25. The van der Waals surface area contributed by atoms with Gasteiger partial charge in [0.1, 0.15) is 0 Å². The third kappa shape index (κ3) is 214. The summed E-state index contributed by atoms with van der Waals surface area (Å²) in [6.45, 7) is 8.25. The smallest absolute Gasteiger partial charge is 0.0701 e. The van der Waals surface area contributed by atoms with Crippen LogP contribution in [0.2, 0.25) is 0 Å². The minimum atomic E-state index is 0. The van der Waals surface area contributed by atoms with Gasteiger partial charge in [-0.1, -0.05) is 42.5 Å². The van der Waals surface area contributed by atoms with Crippen LogP contribution < -0.4 is 0 Å². The second-order valence-electron chi connectivity index (χ2n) is 1.93. The molecule has 0 amide bonds. The molecule has 0 aliphatic carbocycles. The first kappa shape index (κ1) is 22.7. The minimum absolute atomic E-state index is 0. The highest BCUT2D eigenvalue weighted by molar-refractivity contribution is 4.37. The van der Waals surface area contributed by atoms with E-state index in [1.807, 2.05) is 0 Å². The molecule has 0 bridgehead atoms. The van der Waals surface area contributed by atoms with Crippen LogP contribution in [-0.4, -0.2) is 26.4 Å². The molecule has 0 aromatic carbocycles. The van der Waals surface area contributed by atoms with Crippen molar-refractivity contribution in [2.75, 3.05) is 26.4 Å². The van der Waals surface area contributed by atoms with Crippen LogP contribution in [0.3, 0.4) is 0 Å². The zero-order valence-electron chi connectivity index (χ0n) is 6.35. The van der Waals surface area contributed by atoms with Crippen LogP contribution in [0.1, 0.15) is 42.5 Å². The fraction of sp³-hybridized carbons (Fsp3) is 1.00. The Bertz CT molecular complexity index is 31.6. The molecule has 2 heteroatoms. The lowest BCUT2D eigenvalue weighted by molar-refractivity contribution is 0.475. The molecule has 0 unspecified atom stereocenters. The van der Waals surface area contributed by atoms with Crippen molar-refractivity contribution in [3.8, 4) is 0 Å². The first-order valence-corrected chi connectivity index (χ1v) is 3.57. The Balaban J connectivity index is -0.0000000356. The summed E-state index contributed by atoms with van der Waals surface area (Å²) in [5, 5.41) is 0. The highest BCUT2D eigenvalue weighted by atomic mass is 16.6. The predicted octanol–water partition coefficient (Wildman–Crippen LogP) is 3.36. The standard InChI is InChI=1S/C3H8.2C2H4O.3CH4/c1-3-2;2*1-2-3-1;;;/h3H2,1-2H3;2*1-2H2;3*1H4. The minimum Gasteiger partial charge on any atom is -0.377 e. The zero-order valence-corrected chi connectivity index (χ0v) is 6.35. The fourth-order valence-electron chi connectivity index (χ4n) is 0. The molecule has 0 N–H and O–H groups in total. The van der Waals surface area contributed by atoms with E-state index in [-0.39, 0.29) is 22.3 Å². The van der Waals surface area contributed by atoms with E-state index in [9.17, 15) is 0 Å². The summed E-state index contributed by atoms with van der Waals surface area (Å²) in [6, 6.07) is 0. The van der Waals surface area contributed by atoms with E-state index in [1.54, 1.807) is 0 Å².